The van der Waals surface area contributed by atoms with E-state index in [0.29, 0.717) is 11.7 Å². The fourth-order valence-electron chi connectivity index (χ4n) is 3.03. The Balaban J connectivity index is 2.79. The van der Waals surface area contributed by atoms with Gasteiger partial charge in [0.2, 0.25) is 0 Å². The molecule has 0 aromatic heterocycles. The van der Waals surface area contributed by atoms with Crippen LogP contribution in [0.25, 0.3) is 0 Å². The summed E-state index contributed by atoms with van der Waals surface area (Å²) in [7, 11) is -2.88. The Bertz CT molecular complexity index is 327. The van der Waals surface area contributed by atoms with Gasteiger partial charge in [-0.2, -0.15) is 0 Å². The normalized spacial score (nSPS) is 26.7. The molecule has 18 heavy (non-hydrogen) atoms. The Labute approximate surface area is 113 Å². The Hall–Kier alpha value is -0.0900. The van der Waals surface area contributed by atoms with Gasteiger partial charge in [-0.05, 0) is 38.1 Å². The predicted octanol–water partition coefficient (Wildman–Crippen LogP) is 2.76. The van der Waals surface area contributed by atoms with E-state index in [4.69, 9.17) is 0 Å². The van der Waals surface area contributed by atoms with E-state index in [-0.39, 0.29) is 11.3 Å². The zero-order valence-corrected chi connectivity index (χ0v) is 12.9. The van der Waals surface area contributed by atoms with Crippen molar-refractivity contribution in [3.05, 3.63) is 0 Å². The molecule has 1 fully saturated rings. The molecule has 0 amide bonds. The van der Waals surface area contributed by atoms with Crippen molar-refractivity contribution in [1.29, 1.82) is 0 Å². The van der Waals surface area contributed by atoms with Crippen LogP contribution in [0.15, 0.2) is 0 Å². The third-order valence-corrected chi connectivity index (χ3v) is 6.33. The van der Waals surface area contributed by atoms with Gasteiger partial charge < -0.3 is 5.32 Å². The summed E-state index contributed by atoms with van der Waals surface area (Å²) in [5.74, 6) is 0.834. The lowest BCUT2D eigenvalue weighted by Crippen LogP contribution is -2.50. The van der Waals surface area contributed by atoms with Crippen molar-refractivity contribution in [3.63, 3.8) is 0 Å². The van der Waals surface area contributed by atoms with Gasteiger partial charge in [-0.3, -0.25) is 0 Å². The minimum Gasteiger partial charge on any atom is -0.312 e. The van der Waals surface area contributed by atoms with Crippen molar-refractivity contribution < 1.29 is 8.42 Å². The molecule has 1 aliphatic rings. The fourth-order valence-corrected chi connectivity index (χ4v) is 5.27. The van der Waals surface area contributed by atoms with Crippen LogP contribution in [0.1, 0.15) is 59.3 Å². The van der Waals surface area contributed by atoms with Crippen LogP contribution < -0.4 is 5.32 Å². The van der Waals surface area contributed by atoms with E-state index in [9.17, 15) is 8.42 Å². The fraction of sp³-hybridized carbons (Fsp3) is 1.00. The lowest BCUT2D eigenvalue weighted by atomic mass is 9.91. The van der Waals surface area contributed by atoms with Gasteiger partial charge in [0.1, 0.15) is 0 Å². The van der Waals surface area contributed by atoms with Crippen LogP contribution in [-0.2, 0) is 9.84 Å². The smallest absolute Gasteiger partial charge is 0.154 e. The second-order valence-electron chi connectivity index (χ2n) is 5.65. The standard InChI is InChI=1S/C14H29NO2S/c1-4-8-12(3)14(15-10-5-2)13-9-6-7-11-18(13,16)17/h12-15H,4-11H2,1-3H3. The van der Waals surface area contributed by atoms with Crippen LogP contribution in [0.3, 0.4) is 0 Å². The first-order valence-corrected chi connectivity index (χ1v) is 9.19. The molecule has 3 nitrogen and oxygen atoms in total. The molecule has 1 saturated heterocycles. The molecule has 0 aromatic rings. The highest BCUT2D eigenvalue weighted by Crippen LogP contribution is 2.27. The van der Waals surface area contributed by atoms with Crippen LogP contribution in [0.4, 0.5) is 0 Å². The van der Waals surface area contributed by atoms with Gasteiger partial charge in [-0.1, -0.05) is 33.6 Å². The Morgan fingerprint density at radius 2 is 1.94 bits per heavy atom. The Morgan fingerprint density at radius 1 is 1.22 bits per heavy atom. The molecule has 0 radical (unpaired) electrons. The number of rotatable bonds is 7. The molecule has 0 aliphatic carbocycles. The third kappa shape index (κ3) is 4.23. The lowest BCUT2D eigenvalue weighted by molar-refractivity contribution is 0.324. The van der Waals surface area contributed by atoms with Gasteiger partial charge in [-0.25, -0.2) is 8.42 Å². The van der Waals surface area contributed by atoms with E-state index in [1.54, 1.807) is 0 Å². The molecule has 0 saturated carbocycles. The van der Waals surface area contributed by atoms with E-state index in [0.717, 1.165) is 45.1 Å². The molecular formula is C14H29NO2S. The monoisotopic (exact) mass is 275 g/mol. The highest BCUT2D eigenvalue weighted by atomic mass is 32.2. The Morgan fingerprint density at radius 3 is 2.50 bits per heavy atom. The lowest BCUT2D eigenvalue weighted by Gasteiger charge is -2.34. The summed E-state index contributed by atoms with van der Waals surface area (Å²) in [5.41, 5.74) is 0. The molecule has 1 N–H and O–H groups in total. The van der Waals surface area contributed by atoms with Gasteiger partial charge in [-0.15, -0.1) is 0 Å². The molecule has 0 spiro atoms. The highest BCUT2D eigenvalue weighted by Gasteiger charge is 2.37. The number of nitrogens with one attached hydrogen (secondary N) is 1. The quantitative estimate of drug-likeness (QED) is 0.777. The molecule has 0 bridgehead atoms. The molecule has 1 aliphatic heterocycles. The first kappa shape index (κ1) is 16.0. The largest absolute Gasteiger partial charge is 0.312 e. The number of hydrogen-bond donors (Lipinski definition) is 1. The van der Waals surface area contributed by atoms with Crippen LogP contribution in [-0.4, -0.2) is 32.0 Å². The second kappa shape index (κ2) is 7.49. The summed E-state index contributed by atoms with van der Waals surface area (Å²) in [6.45, 7) is 7.42. The molecular weight excluding hydrogens is 246 g/mol. The van der Waals surface area contributed by atoms with Crippen molar-refractivity contribution in [2.75, 3.05) is 12.3 Å². The maximum Gasteiger partial charge on any atom is 0.154 e. The zero-order valence-electron chi connectivity index (χ0n) is 12.1. The molecule has 108 valence electrons. The molecule has 0 aromatic carbocycles. The summed E-state index contributed by atoms with van der Waals surface area (Å²) >= 11 is 0. The van der Waals surface area contributed by atoms with Gasteiger partial charge in [0, 0.05) is 6.04 Å². The van der Waals surface area contributed by atoms with Crippen molar-refractivity contribution >= 4 is 9.84 Å². The topological polar surface area (TPSA) is 46.2 Å². The highest BCUT2D eigenvalue weighted by molar-refractivity contribution is 7.92. The van der Waals surface area contributed by atoms with Gasteiger partial charge in [0.15, 0.2) is 9.84 Å². The van der Waals surface area contributed by atoms with Crippen molar-refractivity contribution in [2.24, 2.45) is 5.92 Å². The maximum absolute atomic E-state index is 12.3. The summed E-state index contributed by atoms with van der Waals surface area (Å²) in [5, 5.41) is 3.35. The molecule has 1 rings (SSSR count). The van der Waals surface area contributed by atoms with Crippen molar-refractivity contribution in [1.82, 2.24) is 5.32 Å². The van der Waals surface area contributed by atoms with E-state index in [1.165, 1.54) is 0 Å². The third-order valence-electron chi connectivity index (χ3n) is 4.02. The Kier molecular flexibility index (Phi) is 6.64. The van der Waals surface area contributed by atoms with Crippen LogP contribution in [0.2, 0.25) is 0 Å². The summed E-state index contributed by atoms with van der Waals surface area (Å²) in [6.07, 6.45) is 6.04. The maximum atomic E-state index is 12.3. The molecule has 3 atom stereocenters. The SMILES string of the molecule is CCCNC(C(C)CCC)C1CCCCS1(=O)=O. The minimum absolute atomic E-state index is 0.148. The molecule has 4 heteroatoms. The summed E-state index contributed by atoms with van der Waals surface area (Å²) in [6, 6.07) is 0.148. The summed E-state index contributed by atoms with van der Waals surface area (Å²) < 4.78 is 24.5. The first-order chi connectivity index (χ1) is 8.53. The van der Waals surface area contributed by atoms with Crippen LogP contribution >= 0.6 is 0 Å². The minimum atomic E-state index is -2.88. The van der Waals surface area contributed by atoms with Crippen molar-refractivity contribution in [3.8, 4) is 0 Å². The van der Waals surface area contributed by atoms with E-state index in [1.807, 2.05) is 0 Å². The van der Waals surface area contributed by atoms with Gasteiger partial charge >= 0.3 is 0 Å². The van der Waals surface area contributed by atoms with E-state index in [2.05, 4.69) is 26.1 Å². The number of hydrogen-bond acceptors (Lipinski definition) is 3. The average molecular weight is 275 g/mol. The first-order valence-electron chi connectivity index (χ1n) is 7.47. The predicted molar refractivity (Wildman–Crippen MR) is 77.6 cm³/mol. The van der Waals surface area contributed by atoms with Crippen LogP contribution in [0.5, 0.6) is 0 Å². The van der Waals surface area contributed by atoms with Crippen LogP contribution in [0, 0.1) is 5.92 Å². The molecule has 1 heterocycles. The van der Waals surface area contributed by atoms with Crippen molar-refractivity contribution in [2.45, 2.75) is 70.6 Å². The van der Waals surface area contributed by atoms with Gasteiger partial charge in [0.05, 0.1) is 11.0 Å². The second-order valence-corrected chi connectivity index (χ2v) is 7.99. The van der Waals surface area contributed by atoms with E-state index >= 15 is 0 Å². The average Bonchev–Trinajstić information content (AvgIpc) is 2.31. The summed E-state index contributed by atoms with van der Waals surface area (Å²) in [4.78, 5) is 0. The zero-order chi connectivity index (χ0) is 13.6. The van der Waals surface area contributed by atoms with Gasteiger partial charge in [0.25, 0.3) is 0 Å². The number of sulfone groups is 1. The molecule has 3 unspecified atom stereocenters. The van der Waals surface area contributed by atoms with E-state index < -0.39 is 9.84 Å².